The maximum Gasteiger partial charge on any atom is 0.248 e. The van der Waals surface area contributed by atoms with Crippen LogP contribution in [0, 0.1) is 5.21 Å². The number of likely N-dealkylation sites (tertiary alicyclic amines) is 1. The van der Waals surface area contributed by atoms with E-state index < -0.39 is 0 Å². The minimum atomic E-state index is -0.308. The number of fused-ring (bicyclic) bond motifs is 1. The number of rotatable bonds is 3. The highest BCUT2D eigenvalue weighted by molar-refractivity contribution is 5.70. The molecule has 1 spiro atoms. The number of aromatic nitrogens is 2. The lowest BCUT2D eigenvalue weighted by atomic mass is 10.0. The van der Waals surface area contributed by atoms with Gasteiger partial charge in [0.15, 0.2) is 5.79 Å². The van der Waals surface area contributed by atoms with Crippen molar-refractivity contribution in [1.29, 1.82) is 0 Å². The smallest absolute Gasteiger partial charge is 0.248 e. The third-order valence-electron chi connectivity index (χ3n) is 4.60. The Morgan fingerprint density at radius 2 is 2.00 bits per heavy atom. The van der Waals surface area contributed by atoms with Crippen LogP contribution in [0.4, 0.5) is 0 Å². The zero-order chi connectivity index (χ0) is 15.0. The fourth-order valence-corrected chi connectivity index (χ4v) is 3.27. The van der Waals surface area contributed by atoms with Gasteiger partial charge in [0.2, 0.25) is 11.0 Å². The molecule has 0 bridgehead atoms. The first kappa shape index (κ1) is 13.9. The first-order chi connectivity index (χ1) is 10.7. The normalized spacial score (nSPS) is 21.8. The SMILES string of the molecule is [O-][n+]1onc2cc(CCN3CCC4(CC3)OCCO4)ccc21. The summed E-state index contributed by atoms with van der Waals surface area (Å²) in [6, 6.07) is 5.64. The number of piperidine rings is 1. The lowest BCUT2D eigenvalue weighted by Crippen LogP contribution is -2.45. The van der Waals surface area contributed by atoms with Crippen molar-refractivity contribution >= 4 is 11.0 Å². The van der Waals surface area contributed by atoms with E-state index in [0.29, 0.717) is 15.9 Å². The van der Waals surface area contributed by atoms with Crippen LogP contribution in [0.1, 0.15) is 18.4 Å². The van der Waals surface area contributed by atoms with Gasteiger partial charge in [-0.15, -0.1) is 0 Å². The molecule has 7 nitrogen and oxygen atoms in total. The van der Waals surface area contributed by atoms with E-state index in [2.05, 4.69) is 14.7 Å². The molecule has 0 atom stereocenters. The molecule has 2 saturated heterocycles. The van der Waals surface area contributed by atoms with Gasteiger partial charge in [-0.1, -0.05) is 6.07 Å². The number of nitrogens with zero attached hydrogens (tertiary/aromatic N) is 3. The molecule has 0 amide bonds. The maximum atomic E-state index is 11.3. The van der Waals surface area contributed by atoms with E-state index in [1.807, 2.05) is 12.1 Å². The third-order valence-corrected chi connectivity index (χ3v) is 4.60. The summed E-state index contributed by atoms with van der Waals surface area (Å²) in [4.78, 5) is 2.86. The van der Waals surface area contributed by atoms with Crippen LogP contribution in [-0.2, 0) is 15.9 Å². The van der Waals surface area contributed by atoms with Crippen LogP contribution in [-0.4, -0.2) is 48.7 Å². The van der Waals surface area contributed by atoms with E-state index in [4.69, 9.17) is 9.47 Å². The van der Waals surface area contributed by atoms with Gasteiger partial charge >= 0.3 is 0 Å². The van der Waals surface area contributed by atoms with Crippen molar-refractivity contribution in [1.82, 2.24) is 10.1 Å². The Labute approximate surface area is 127 Å². The first-order valence-electron chi connectivity index (χ1n) is 7.73. The lowest BCUT2D eigenvalue weighted by molar-refractivity contribution is -0.782. The molecule has 118 valence electrons. The van der Waals surface area contributed by atoms with Crippen molar-refractivity contribution in [3.05, 3.63) is 29.0 Å². The summed E-state index contributed by atoms with van der Waals surface area (Å²) in [5, 5.41) is 15.0. The van der Waals surface area contributed by atoms with E-state index >= 15 is 0 Å². The summed E-state index contributed by atoms with van der Waals surface area (Å²) >= 11 is 0. The second-order valence-electron chi connectivity index (χ2n) is 5.95. The van der Waals surface area contributed by atoms with E-state index in [-0.39, 0.29) is 5.79 Å². The first-order valence-corrected chi connectivity index (χ1v) is 7.73. The Morgan fingerprint density at radius 3 is 2.77 bits per heavy atom. The molecule has 2 aliphatic rings. The van der Waals surface area contributed by atoms with Gasteiger partial charge < -0.3 is 19.6 Å². The highest BCUT2D eigenvalue weighted by Gasteiger charge is 2.39. The predicted molar refractivity (Wildman–Crippen MR) is 77.0 cm³/mol. The molecule has 4 rings (SSSR count). The number of ether oxygens (including phenoxy) is 2. The average Bonchev–Trinajstić information content (AvgIpc) is 3.15. The molecule has 0 N–H and O–H groups in total. The molecule has 0 saturated carbocycles. The molecule has 0 unspecified atom stereocenters. The Kier molecular flexibility index (Phi) is 3.48. The molecule has 3 heterocycles. The summed E-state index contributed by atoms with van der Waals surface area (Å²) < 4.78 is 16.1. The molecule has 0 aliphatic carbocycles. The van der Waals surface area contributed by atoms with Crippen molar-refractivity contribution < 1.29 is 19.0 Å². The van der Waals surface area contributed by atoms with Crippen molar-refractivity contribution in [3.8, 4) is 0 Å². The van der Waals surface area contributed by atoms with E-state index in [9.17, 15) is 5.21 Å². The fraction of sp³-hybridized carbons (Fsp3) is 0.600. The Bertz CT molecular complexity index is 656. The maximum absolute atomic E-state index is 11.3. The topological polar surface area (TPSA) is 74.7 Å². The van der Waals surface area contributed by atoms with Crippen LogP contribution >= 0.6 is 0 Å². The summed E-state index contributed by atoms with van der Waals surface area (Å²) in [7, 11) is 0. The molecule has 22 heavy (non-hydrogen) atoms. The predicted octanol–water partition coefficient (Wildman–Crippen LogP) is 0.843. The second-order valence-corrected chi connectivity index (χ2v) is 5.95. The molecule has 7 heteroatoms. The van der Waals surface area contributed by atoms with E-state index in [1.165, 1.54) is 0 Å². The molecule has 1 aromatic heterocycles. The van der Waals surface area contributed by atoms with Gasteiger partial charge in [-0.25, -0.2) is 0 Å². The molecule has 1 aromatic carbocycles. The van der Waals surface area contributed by atoms with Crippen LogP contribution in [0.3, 0.4) is 0 Å². The van der Waals surface area contributed by atoms with E-state index in [0.717, 1.165) is 57.7 Å². The van der Waals surface area contributed by atoms with Gasteiger partial charge in [0.1, 0.15) is 0 Å². The molecular weight excluding hydrogens is 286 g/mol. The highest BCUT2D eigenvalue weighted by atomic mass is 16.8. The monoisotopic (exact) mass is 305 g/mol. The van der Waals surface area contributed by atoms with Crippen LogP contribution in [0.5, 0.6) is 0 Å². The number of benzene rings is 1. The van der Waals surface area contributed by atoms with E-state index in [1.54, 1.807) is 6.07 Å². The van der Waals surface area contributed by atoms with Crippen molar-refractivity contribution in [3.63, 3.8) is 0 Å². The molecule has 2 aliphatic heterocycles. The highest BCUT2D eigenvalue weighted by Crippen LogP contribution is 2.31. The summed E-state index contributed by atoms with van der Waals surface area (Å²) in [5.74, 6) is -0.308. The summed E-state index contributed by atoms with van der Waals surface area (Å²) in [5.41, 5.74) is 2.24. The van der Waals surface area contributed by atoms with Gasteiger partial charge in [0, 0.05) is 37.6 Å². The number of hydrogen-bond donors (Lipinski definition) is 0. The fourth-order valence-electron chi connectivity index (χ4n) is 3.27. The van der Waals surface area contributed by atoms with Gasteiger partial charge in [-0.05, 0) is 29.0 Å². The Balaban J connectivity index is 1.34. The zero-order valence-corrected chi connectivity index (χ0v) is 12.4. The Hall–Kier alpha value is -1.70. The number of hydrogen-bond acceptors (Lipinski definition) is 6. The lowest BCUT2D eigenvalue weighted by Gasteiger charge is -2.37. The van der Waals surface area contributed by atoms with Gasteiger partial charge in [0.25, 0.3) is 0 Å². The molecular formula is C15H19N3O4. The molecule has 2 aromatic rings. The van der Waals surface area contributed by atoms with Gasteiger partial charge in [-0.3, -0.25) is 4.63 Å². The van der Waals surface area contributed by atoms with Crippen LogP contribution in [0.25, 0.3) is 11.0 Å². The average molecular weight is 305 g/mol. The third kappa shape index (κ3) is 2.55. The second kappa shape index (κ2) is 5.49. The van der Waals surface area contributed by atoms with Crippen LogP contribution in [0.2, 0.25) is 0 Å². The standard InChI is InChI=1S/C15H19N3O4/c19-18-14-2-1-12(11-13(14)16-22-18)3-6-17-7-4-15(5-8-17)20-9-10-21-15/h1-2,11H,3-10H2. The minimum absolute atomic E-state index is 0.308. The van der Waals surface area contributed by atoms with Crippen molar-refractivity contribution in [2.45, 2.75) is 25.0 Å². The zero-order valence-electron chi connectivity index (χ0n) is 12.4. The Morgan fingerprint density at radius 1 is 1.23 bits per heavy atom. The largest absolute Gasteiger partial charge is 0.359 e. The summed E-state index contributed by atoms with van der Waals surface area (Å²) in [6.07, 6.45) is 2.80. The van der Waals surface area contributed by atoms with Gasteiger partial charge in [0.05, 0.1) is 13.2 Å². The molecule has 0 radical (unpaired) electrons. The summed E-state index contributed by atoms with van der Waals surface area (Å²) in [6.45, 7) is 4.41. The quantitative estimate of drug-likeness (QED) is 0.782. The van der Waals surface area contributed by atoms with Gasteiger partial charge in [-0.2, -0.15) is 0 Å². The van der Waals surface area contributed by atoms with Crippen LogP contribution in [0.15, 0.2) is 22.8 Å². The van der Waals surface area contributed by atoms with Crippen molar-refractivity contribution in [2.24, 2.45) is 0 Å². The minimum Gasteiger partial charge on any atom is -0.359 e. The van der Waals surface area contributed by atoms with Crippen molar-refractivity contribution in [2.75, 3.05) is 32.8 Å². The molecule has 2 fully saturated rings. The van der Waals surface area contributed by atoms with Crippen LogP contribution < -0.4 is 4.90 Å².